The molecule has 0 aliphatic carbocycles. The highest BCUT2D eigenvalue weighted by atomic mass is 127. The molecule has 2 aliphatic rings. The highest BCUT2D eigenvalue weighted by Crippen LogP contribution is 2.16. The van der Waals surface area contributed by atoms with E-state index in [1.807, 2.05) is 30.1 Å². The average Bonchev–Trinajstić information content (AvgIpc) is 3.29. The van der Waals surface area contributed by atoms with E-state index in [1.54, 1.807) is 0 Å². The van der Waals surface area contributed by atoms with Gasteiger partial charge in [0.05, 0.1) is 0 Å². The largest absolute Gasteiger partial charge is 0.380 e. The molecule has 2 heterocycles. The molecule has 2 unspecified atom stereocenters. The first kappa shape index (κ1) is 24.7. The molecule has 2 aliphatic heterocycles. The summed E-state index contributed by atoms with van der Waals surface area (Å²) in [5.74, 6) is 1.52. The van der Waals surface area contributed by atoms with Crippen molar-refractivity contribution >= 4 is 41.5 Å². The molecule has 0 saturated carbocycles. The minimum Gasteiger partial charge on any atom is -0.380 e. The molecule has 2 N–H and O–H groups in total. The highest BCUT2D eigenvalue weighted by molar-refractivity contribution is 14.0. The Morgan fingerprint density at radius 2 is 1.83 bits per heavy atom. The van der Waals surface area contributed by atoms with E-state index in [9.17, 15) is 4.79 Å². The minimum atomic E-state index is -0.227. The second kappa shape index (κ2) is 12.3. The minimum absolute atomic E-state index is 0. The van der Waals surface area contributed by atoms with E-state index in [2.05, 4.69) is 46.5 Å². The van der Waals surface area contributed by atoms with Crippen LogP contribution in [0.15, 0.2) is 35.3 Å². The van der Waals surface area contributed by atoms with Crippen LogP contribution in [0.2, 0.25) is 0 Å². The first-order chi connectivity index (χ1) is 14.1. The number of carbonyl (C=O) groups excluding carboxylic acids is 1. The number of hydrogen-bond donors (Lipinski definition) is 2. The molecule has 1 aromatic rings. The van der Waals surface area contributed by atoms with Crippen LogP contribution >= 0.6 is 24.0 Å². The molecule has 30 heavy (non-hydrogen) atoms. The number of nitrogens with zero attached hydrogens (tertiary/aromatic N) is 3. The number of aliphatic imine (C=N–C) groups is 1. The third-order valence-electron chi connectivity index (χ3n) is 5.72. The predicted molar refractivity (Wildman–Crippen MR) is 133 cm³/mol. The Morgan fingerprint density at radius 1 is 1.17 bits per heavy atom. The summed E-state index contributed by atoms with van der Waals surface area (Å²) in [6.07, 6.45) is 1.61. The van der Waals surface area contributed by atoms with Crippen LogP contribution in [-0.4, -0.2) is 80.2 Å². The van der Waals surface area contributed by atoms with Crippen molar-refractivity contribution in [2.24, 2.45) is 10.9 Å². The fourth-order valence-electron chi connectivity index (χ4n) is 3.85. The van der Waals surface area contributed by atoms with Gasteiger partial charge < -0.3 is 25.2 Å². The Hall–Kier alpha value is -1.55. The zero-order valence-corrected chi connectivity index (χ0v) is 20.7. The van der Waals surface area contributed by atoms with Crippen LogP contribution in [0.3, 0.4) is 0 Å². The SMILES string of the molecule is CN=C(NCC(Nc1ccccc1)C(C)C)N1CCN(C(=O)C2CCCO2)CC1.I. The lowest BCUT2D eigenvalue weighted by Crippen LogP contribution is -2.56. The smallest absolute Gasteiger partial charge is 0.251 e. The Bertz CT molecular complexity index is 671. The van der Waals surface area contributed by atoms with E-state index >= 15 is 0 Å². The summed E-state index contributed by atoms with van der Waals surface area (Å²) in [5.41, 5.74) is 1.13. The van der Waals surface area contributed by atoms with Gasteiger partial charge in [-0.1, -0.05) is 32.0 Å². The summed E-state index contributed by atoms with van der Waals surface area (Å²) >= 11 is 0. The average molecular weight is 529 g/mol. The molecular weight excluding hydrogens is 493 g/mol. The molecule has 7 nitrogen and oxygen atoms in total. The maximum absolute atomic E-state index is 12.5. The molecule has 0 aromatic heterocycles. The zero-order valence-electron chi connectivity index (χ0n) is 18.3. The van der Waals surface area contributed by atoms with Crippen molar-refractivity contribution in [2.75, 3.05) is 51.7 Å². The standard InChI is InChI=1S/C22H35N5O2.HI/c1-17(2)19(25-18-8-5-4-6-9-18)16-24-22(23-3)27-13-11-26(12-14-27)21(28)20-10-7-15-29-20;/h4-6,8-9,17,19-20,25H,7,10-16H2,1-3H3,(H,23,24);1H. The number of para-hydroxylation sites is 1. The van der Waals surface area contributed by atoms with E-state index in [4.69, 9.17) is 4.74 Å². The number of hydrogen-bond acceptors (Lipinski definition) is 4. The zero-order chi connectivity index (χ0) is 20.6. The van der Waals surface area contributed by atoms with Crippen molar-refractivity contribution in [3.63, 3.8) is 0 Å². The number of anilines is 1. The van der Waals surface area contributed by atoms with Crippen molar-refractivity contribution in [2.45, 2.75) is 38.8 Å². The number of ether oxygens (including phenoxy) is 1. The number of nitrogens with one attached hydrogen (secondary N) is 2. The number of halogens is 1. The molecule has 2 fully saturated rings. The molecule has 8 heteroatoms. The molecule has 2 saturated heterocycles. The normalized spacial score (nSPS) is 20.7. The summed E-state index contributed by atoms with van der Waals surface area (Å²) in [6.45, 7) is 8.95. The van der Waals surface area contributed by atoms with Crippen LogP contribution in [0.1, 0.15) is 26.7 Å². The van der Waals surface area contributed by atoms with Crippen LogP contribution in [0.5, 0.6) is 0 Å². The van der Waals surface area contributed by atoms with Crippen LogP contribution in [0, 0.1) is 5.92 Å². The van der Waals surface area contributed by atoms with Gasteiger partial charge in [0.15, 0.2) is 5.96 Å². The van der Waals surface area contributed by atoms with Gasteiger partial charge in [0, 0.05) is 58.1 Å². The quantitative estimate of drug-likeness (QED) is 0.337. The molecular formula is C22H36IN5O2. The van der Waals surface area contributed by atoms with E-state index in [0.29, 0.717) is 12.5 Å². The first-order valence-electron chi connectivity index (χ1n) is 10.8. The van der Waals surface area contributed by atoms with Gasteiger partial charge >= 0.3 is 0 Å². The second-order valence-electron chi connectivity index (χ2n) is 8.10. The van der Waals surface area contributed by atoms with Gasteiger partial charge in [-0.25, -0.2) is 0 Å². The van der Waals surface area contributed by atoms with E-state index in [0.717, 1.165) is 57.2 Å². The monoisotopic (exact) mass is 529 g/mol. The summed E-state index contributed by atoms with van der Waals surface area (Å²) in [5, 5.41) is 7.14. The third-order valence-corrected chi connectivity index (χ3v) is 5.72. The summed E-state index contributed by atoms with van der Waals surface area (Å²) in [7, 11) is 1.82. The van der Waals surface area contributed by atoms with Crippen LogP contribution in [0.25, 0.3) is 0 Å². The van der Waals surface area contributed by atoms with Crippen molar-refractivity contribution in [1.82, 2.24) is 15.1 Å². The second-order valence-corrected chi connectivity index (χ2v) is 8.10. The molecule has 3 rings (SSSR count). The number of piperazine rings is 1. The molecule has 2 atom stereocenters. The van der Waals surface area contributed by atoms with Crippen molar-refractivity contribution in [3.05, 3.63) is 30.3 Å². The highest BCUT2D eigenvalue weighted by Gasteiger charge is 2.31. The van der Waals surface area contributed by atoms with Crippen molar-refractivity contribution < 1.29 is 9.53 Å². The third kappa shape index (κ3) is 6.73. The lowest BCUT2D eigenvalue weighted by molar-refractivity contribution is -0.142. The maximum Gasteiger partial charge on any atom is 0.251 e. The fraction of sp³-hybridized carbons (Fsp3) is 0.636. The van der Waals surface area contributed by atoms with Crippen molar-refractivity contribution in [3.8, 4) is 0 Å². The van der Waals surface area contributed by atoms with E-state index in [-0.39, 0.29) is 42.0 Å². The van der Waals surface area contributed by atoms with Gasteiger partial charge in [0.1, 0.15) is 6.10 Å². The number of carbonyl (C=O) groups is 1. The number of rotatable bonds is 6. The van der Waals surface area contributed by atoms with Crippen LogP contribution < -0.4 is 10.6 Å². The lowest BCUT2D eigenvalue weighted by atomic mass is 10.0. The van der Waals surface area contributed by atoms with Crippen molar-refractivity contribution in [1.29, 1.82) is 0 Å². The Labute approximate surface area is 197 Å². The summed E-state index contributed by atoms with van der Waals surface area (Å²) in [4.78, 5) is 21.2. The molecule has 0 bridgehead atoms. The van der Waals surface area contributed by atoms with Crippen LogP contribution in [-0.2, 0) is 9.53 Å². The number of amides is 1. The topological polar surface area (TPSA) is 69.2 Å². The molecule has 168 valence electrons. The lowest BCUT2D eigenvalue weighted by Gasteiger charge is -2.37. The first-order valence-corrected chi connectivity index (χ1v) is 10.8. The number of guanidine groups is 1. The number of benzene rings is 1. The van der Waals surface area contributed by atoms with Gasteiger partial charge in [0.2, 0.25) is 0 Å². The Kier molecular flexibility index (Phi) is 10.2. The maximum atomic E-state index is 12.5. The Morgan fingerprint density at radius 3 is 2.40 bits per heavy atom. The van der Waals surface area contributed by atoms with Crippen LogP contribution in [0.4, 0.5) is 5.69 Å². The molecule has 1 amide bonds. The van der Waals surface area contributed by atoms with E-state index < -0.39 is 0 Å². The predicted octanol–water partition coefficient (Wildman–Crippen LogP) is 2.64. The summed E-state index contributed by atoms with van der Waals surface area (Å²) < 4.78 is 5.55. The molecule has 0 radical (unpaired) electrons. The van der Waals surface area contributed by atoms with Gasteiger partial charge in [-0.3, -0.25) is 9.79 Å². The summed E-state index contributed by atoms with van der Waals surface area (Å²) in [6, 6.07) is 10.6. The van der Waals surface area contributed by atoms with Gasteiger partial charge in [-0.15, -0.1) is 24.0 Å². The van der Waals surface area contributed by atoms with Gasteiger partial charge in [0.25, 0.3) is 5.91 Å². The van der Waals surface area contributed by atoms with E-state index in [1.165, 1.54) is 0 Å². The molecule has 0 spiro atoms. The van der Waals surface area contributed by atoms with Gasteiger partial charge in [-0.2, -0.15) is 0 Å². The fourth-order valence-corrected chi connectivity index (χ4v) is 3.85. The Balaban J connectivity index is 0.00000320. The molecule has 1 aromatic carbocycles. The van der Waals surface area contributed by atoms with Gasteiger partial charge in [-0.05, 0) is 30.9 Å².